The van der Waals surface area contributed by atoms with E-state index in [1.165, 1.54) is 4.90 Å². The number of fused-ring (bicyclic) bond motifs is 1. The van der Waals surface area contributed by atoms with Crippen LogP contribution < -0.4 is 4.90 Å². The first-order valence-corrected chi connectivity index (χ1v) is 11.1. The summed E-state index contributed by atoms with van der Waals surface area (Å²) >= 11 is 0. The van der Waals surface area contributed by atoms with Gasteiger partial charge >= 0.3 is 0 Å². The van der Waals surface area contributed by atoms with Crippen LogP contribution in [0, 0.1) is 25.7 Å². The van der Waals surface area contributed by atoms with Crippen molar-refractivity contribution in [2.24, 2.45) is 11.8 Å². The predicted octanol–water partition coefficient (Wildman–Crippen LogP) is 5.77. The molecule has 31 heavy (non-hydrogen) atoms. The van der Waals surface area contributed by atoms with Crippen LogP contribution in [0.4, 0.5) is 5.69 Å². The molecule has 0 spiro atoms. The van der Waals surface area contributed by atoms with E-state index in [1.807, 2.05) is 68.4 Å². The van der Waals surface area contributed by atoms with Crippen molar-refractivity contribution in [2.45, 2.75) is 38.5 Å². The lowest BCUT2D eigenvalue weighted by molar-refractivity contribution is -0.122. The molecule has 4 unspecified atom stereocenters. The molecule has 0 bridgehead atoms. The normalized spacial score (nSPS) is 25.5. The number of carbonyl (C=O) groups excluding carboxylic acids is 2. The summed E-state index contributed by atoms with van der Waals surface area (Å²) in [6.45, 7) is 4.02. The molecule has 3 nitrogen and oxygen atoms in total. The van der Waals surface area contributed by atoms with E-state index in [-0.39, 0.29) is 35.5 Å². The van der Waals surface area contributed by atoms with Gasteiger partial charge in [-0.1, -0.05) is 72.8 Å². The summed E-state index contributed by atoms with van der Waals surface area (Å²) in [7, 11) is 0. The van der Waals surface area contributed by atoms with E-state index in [2.05, 4.69) is 24.3 Å². The summed E-state index contributed by atoms with van der Waals surface area (Å²) in [5.41, 5.74) is 5.14. The summed E-state index contributed by atoms with van der Waals surface area (Å²) in [6.07, 6.45) is 1.81. The molecule has 2 fully saturated rings. The molecule has 1 aliphatic carbocycles. The van der Waals surface area contributed by atoms with Crippen molar-refractivity contribution < 1.29 is 9.59 Å². The Labute approximate surface area is 183 Å². The average molecular weight is 410 g/mol. The van der Waals surface area contributed by atoms with Crippen LogP contribution in [0.15, 0.2) is 78.9 Å². The molecule has 1 saturated carbocycles. The first-order chi connectivity index (χ1) is 15.1. The van der Waals surface area contributed by atoms with Crippen LogP contribution in [0.2, 0.25) is 0 Å². The SMILES string of the molecule is Cc1cccc(N2C(=O)C3C(c4ccccc4)CCC(c4ccccc4)C3C2=O)c1C. The fourth-order valence-electron chi connectivity index (χ4n) is 5.64. The molecule has 2 aliphatic rings. The third kappa shape index (κ3) is 3.20. The highest BCUT2D eigenvalue weighted by Gasteiger charge is 2.57. The zero-order valence-corrected chi connectivity index (χ0v) is 18.0. The van der Waals surface area contributed by atoms with Crippen LogP contribution in [-0.4, -0.2) is 11.8 Å². The largest absolute Gasteiger partial charge is 0.274 e. The van der Waals surface area contributed by atoms with Crippen LogP contribution in [0.25, 0.3) is 0 Å². The number of imide groups is 1. The minimum atomic E-state index is -0.325. The lowest BCUT2D eigenvalue weighted by atomic mass is 9.64. The zero-order valence-electron chi connectivity index (χ0n) is 18.0. The number of anilines is 1. The van der Waals surface area contributed by atoms with Gasteiger partial charge < -0.3 is 0 Å². The summed E-state index contributed by atoms with van der Waals surface area (Å²) in [5.74, 6) is -0.602. The maximum absolute atomic E-state index is 13.9. The van der Waals surface area contributed by atoms with Crippen LogP contribution in [0.1, 0.15) is 46.9 Å². The fourth-order valence-corrected chi connectivity index (χ4v) is 5.64. The molecule has 156 valence electrons. The van der Waals surface area contributed by atoms with Gasteiger partial charge in [0.15, 0.2) is 0 Å². The highest BCUT2D eigenvalue weighted by Crippen LogP contribution is 2.53. The van der Waals surface area contributed by atoms with Gasteiger partial charge in [0.25, 0.3) is 0 Å². The quantitative estimate of drug-likeness (QED) is 0.515. The molecule has 0 radical (unpaired) electrons. The average Bonchev–Trinajstić information content (AvgIpc) is 3.07. The van der Waals surface area contributed by atoms with Crippen LogP contribution in [0.5, 0.6) is 0 Å². The first kappa shape index (κ1) is 19.7. The Morgan fingerprint density at radius 2 is 1.13 bits per heavy atom. The van der Waals surface area contributed by atoms with Gasteiger partial charge in [0.05, 0.1) is 17.5 Å². The molecular formula is C28H27NO2. The topological polar surface area (TPSA) is 37.4 Å². The number of hydrogen-bond donors (Lipinski definition) is 0. The number of hydrogen-bond acceptors (Lipinski definition) is 2. The van der Waals surface area contributed by atoms with Gasteiger partial charge in [-0.2, -0.15) is 0 Å². The Morgan fingerprint density at radius 3 is 1.61 bits per heavy atom. The molecular weight excluding hydrogens is 382 g/mol. The molecule has 3 aromatic carbocycles. The monoisotopic (exact) mass is 409 g/mol. The first-order valence-electron chi connectivity index (χ1n) is 11.1. The summed E-state index contributed by atoms with van der Waals surface area (Å²) in [4.78, 5) is 29.3. The summed E-state index contributed by atoms with van der Waals surface area (Å²) in [6, 6.07) is 26.4. The Balaban J connectivity index is 1.63. The zero-order chi connectivity index (χ0) is 21.5. The van der Waals surface area contributed by atoms with Crippen molar-refractivity contribution in [3.05, 3.63) is 101 Å². The molecule has 1 aliphatic heterocycles. The van der Waals surface area contributed by atoms with Crippen molar-refractivity contribution in [1.82, 2.24) is 0 Å². The van der Waals surface area contributed by atoms with E-state index in [1.54, 1.807) is 0 Å². The Kier molecular flexibility index (Phi) is 4.97. The van der Waals surface area contributed by atoms with Crippen molar-refractivity contribution >= 4 is 17.5 Å². The number of amides is 2. The van der Waals surface area contributed by atoms with Gasteiger partial charge in [0.2, 0.25) is 11.8 Å². The van der Waals surface area contributed by atoms with Gasteiger partial charge in [0.1, 0.15) is 0 Å². The second-order valence-corrected chi connectivity index (χ2v) is 8.89. The Morgan fingerprint density at radius 1 is 0.645 bits per heavy atom. The van der Waals surface area contributed by atoms with Crippen LogP contribution in [-0.2, 0) is 9.59 Å². The Bertz CT molecular complexity index is 1060. The van der Waals surface area contributed by atoms with E-state index in [9.17, 15) is 9.59 Å². The maximum Gasteiger partial charge on any atom is 0.238 e. The smallest absolute Gasteiger partial charge is 0.238 e. The highest BCUT2D eigenvalue weighted by molar-refractivity contribution is 6.23. The van der Waals surface area contributed by atoms with E-state index < -0.39 is 0 Å². The number of nitrogens with zero attached hydrogens (tertiary/aromatic N) is 1. The van der Waals surface area contributed by atoms with Crippen LogP contribution >= 0.6 is 0 Å². The van der Waals surface area contributed by atoms with Gasteiger partial charge in [0, 0.05) is 0 Å². The van der Waals surface area contributed by atoms with Gasteiger partial charge in [-0.15, -0.1) is 0 Å². The molecule has 1 saturated heterocycles. The minimum Gasteiger partial charge on any atom is -0.274 e. The lowest BCUT2D eigenvalue weighted by Gasteiger charge is -2.37. The van der Waals surface area contributed by atoms with Gasteiger partial charge in [-0.3, -0.25) is 9.59 Å². The molecule has 5 rings (SSSR count). The lowest BCUT2D eigenvalue weighted by Crippen LogP contribution is -2.34. The van der Waals surface area contributed by atoms with E-state index >= 15 is 0 Å². The van der Waals surface area contributed by atoms with Crippen molar-refractivity contribution in [2.75, 3.05) is 4.90 Å². The molecule has 1 heterocycles. The van der Waals surface area contributed by atoms with E-state index in [0.717, 1.165) is 40.8 Å². The minimum absolute atomic E-state index is 0.0433. The van der Waals surface area contributed by atoms with Crippen LogP contribution in [0.3, 0.4) is 0 Å². The molecule has 0 aromatic heterocycles. The summed E-state index contributed by atoms with van der Waals surface area (Å²) < 4.78 is 0. The predicted molar refractivity (Wildman–Crippen MR) is 123 cm³/mol. The van der Waals surface area contributed by atoms with E-state index in [0.29, 0.717) is 0 Å². The van der Waals surface area contributed by atoms with Gasteiger partial charge in [-0.05, 0) is 66.8 Å². The second kappa shape index (κ2) is 7.81. The second-order valence-electron chi connectivity index (χ2n) is 8.89. The number of aryl methyl sites for hydroxylation is 1. The fraction of sp³-hybridized carbons (Fsp3) is 0.286. The third-order valence-corrected chi connectivity index (χ3v) is 7.33. The third-order valence-electron chi connectivity index (χ3n) is 7.33. The highest BCUT2D eigenvalue weighted by atomic mass is 16.2. The van der Waals surface area contributed by atoms with Gasteiger partial charge in [-0.25, -0.2) is 4.90 Å². The molecule has 4 atom stereocenters. The van der Waals surface area contributed by atoms with Crippen molar-refractivity contribution in [3.8, 4) is 0 Å². The Hall–Kier alpha value is -3.20. The van der Waals surface area contributed by atoms with Crippen molar-refractivity contribution in [3.63, 3.8) is 0 Å². The number of rotatable bonds is 3. The molecule has 3 aromatic rings. The maximum atomic E-state index is 13.9. The standard InChI is InChI=1S/C28H27NO2/c1-18-10-9-15-24(19(18)2)29-27(30)25-22(20-11-5-3-6-12-20)16-17-23(26(25)28(29)31)21-13-7-4-8-14-21/h3-15,22-23,25-26H,16-17H2,1-2H3. The number of benzene rings is 3. The summed E-state index contributed by atoms with van der Waals surface area (Å²) in [5, 5.41) is 0. The van der Waals surface area contributed by atoms with E-state index in [4.69, 9.17) is 0 Å². The molecule has 3 heteroatoms. The number of carbonyl (C=O) groups is 2. The molecule has 0 N–H and O–H groups in total. The van der Waals surface area contributed by atoms with Crippen molar-refractivity contribution in [1.29, 1.82) is 0 Å². The molecule has 2 amide bonds.